The van der Waals surface area contributed by atoms with Gasteiger partial charge >= 0.3 is 0 Å². The largest absolute Gasteiger partial charge is 0.242 e. The fourth-order valence-corrected chi connectivity index (χ4v) is 1.04. The number of allylic oxidation sites excluding steroid dienone is 4. The van der Waals surface area contributed by atoms with E-state index in [1.807, 2.05) is 0 Å². The highest BCUT2D eigenvalue weighted by Crippen LogP contribution is 2.34. The summed E-state index contributed by atoms with van der Waals surface area (Å²) in [5.74, 6) is -0.760. The molecule has 0 saturated carbocycles. The quantitative estimate of drug-likeness (QED) is 0.546. The first-order valence-electron chi connectivity index (χ1n) is 3.62. The smallest absolute Gasteiger partial charge is 0.139 e. The van der Waals surface area contributed by atoms with E-state index in [2.05, 4.69) is 0 Å². The summed E-state index contributed by atoms with van der Waals surface area (Å²) in [4.78, 5) is 0. The molecule has 1 aliphatic rings. The molecule has 1 unspecified atom stereocenters. The molecule has 3 heteroatoms. The van der Waals surface area contributed by atoms with Crippen molar-refractivity contribution in [1.29, 1.82) is 5.26 Å². The maximum atomic E-state index is 13.1. The van der Waals surface area contributed by atoms with Crippen LogP contribution in [0.3, 0.4) is 0 Å². The molecule has 12 heavy (non-hydrogen) atoms. The van der Waals surface area contributed by atoms with Crippen LogP contribution >= 0.6 is 0 Å². The molecule has 0 aromatic carbocycles. The van der Waals surface area contributed by atoms with Crippen molar-refractivity contribution in [3.8, 4) is 6.07 Å². The lowest BCUT2D eigenvalue weighted by Gasteiger charge is -2.26. The van der Waals surface area contributed by atoms with E-state index in [0.29, 0.717) is 0 Å². The van der Waals surface area contributed by atoms with Gasteiger partial charge in [-0.1, -0.05) is 19.9 Å². The Morgan fingerprint density at radius 2 is 2.17 bits per heavy atom. The van der Waals surface area contributed by atoms with E-state index in [1.165, 1.54) is 6.08 Å². The van der Waals surface area contributed by atoms with Gasteiger partial charge in [0.1, 0.15) is 18.1 Å². The predicted molar refractivity (Wildman–Crippen MR) is 41.6 cm³/mol. The van der Waals surface area contributed by atoms with Gasteiger partial charge in [-0.15, -0.1) is 0 Å². The summed E-state index contributed by atoms with van der Waals surface area (Å²) in [7, 11) is 0. The fourth-order valence-electron chi connectivity index (χ4n) is 1.04. The number of hydrogen-bond acceptors (Lipinski definition) is 1. The number of rotatable bonds is 0. The van der Waals surface area contributed by atoms with Gasteiger partial charge in [0, 0.05) is 5.41 Å². The van der Waals surface area contributed by atoms with Crippen molar-refractivity contribution in [2.45, 2.75) is 20.0 Å². The van der Waals surface area contributed by atoms with Gasteiger partial charge in [0.05, 0.1) is 5.57 Å². The van der Waals surface area contributed by atoms with Crippen LogP contribution in [0.15, 0.2) is 23.6 Å². The number of hydrogen-bond donors (Lipinski definition) is 0. The minimum absolute atomic E-state index is 0.0751. The molecule has 0 heterocycles. The highest BCUT2D eigenvalue weighted by molar-refractivity contribution is 5.43. The molecular formula is C9H9F2N. The zero-order valence-electron chi connectivity index (χ0n) is 6.94. The molecule has 0 bridgehead atoms. The van der Waals surface area contributed by atoms with Gasteiger partial charge in [0.25, 0.3) is 0 Å². The van der Waals surface area contributed by atoms with E-state index in [9.17, 15) is 8.78 Å². The van der Waals surface area contributed by atoms with E-state index in [1.54, 1.807) is 19.9 Å². The van der Waals surface area contributed by atoms with E-state index in [4.69, 9.17) is 5.26 Å². The van der Waals surface area contributed by atoms with Crippen LogP contribution in [-0.4, -0.2) is 6.17 Å². The second kappa shape index (κ2) is 2.71. The van der Waals surface area contributed by atoms with Crippen molar-refractivity contribution >= 4 is 0 Å². The van der Waals surface area contributed by atoms with Crippen molar-refractivity contribution in [2.24, 2.45) is 5.41 Å². The molecule has 0 fully saturated rings. The van der Waals surface area contributed by atoms with Crippen molar-refractivity contribution in [3.05, 3.63) is 23.6 Å². The van der Waals surface area contributed by atoms with Crippen LogP contribution in [0.1, 0.15) is 13.8 Å². The average Bonchev–Trinajstić information content (AvgIpc) is 1.97. The van der Waals surface area contributed by atoms with Crippen LogP contribution in [-0.2, 0) is 0 Å². The first-order valence-corrected chi connectivity index (χ1v) is 3.62. The molecule has 0 N–H and O–H groups in total. The van der Waals surface area contributed by atoms with Crippen LogP contribution in [0.2, 0.25) is 0 Å². The Labute approximate surface area is 70.0 Å². The Hall–Kier alpha value is -1.17. The zero-order valence-corrected chi connectivity index (χ0v) is 6.94. The molecule has 0 spiro atoms. The molecule has 0 radical (unpaired) electrons. The average molecular weight is 169 g/mol. The Balaban J connectivity index is 3.08. The second-order valence-electron chi connectivity index (χ2n) is 3.41. The Morgan fingerprint density at radius 1 is 1.58 bits per heavy atom. The number of halogens is 2. The molecule has 0 amide bonds. The maximum Gasteiger partial charge on any atom is 0.139 e. The number of nitrogens with zero attached hydrogens (tertiary/aromatic N) is 1. The summed E-state index contributed by atoms with van der Waals surface area (Å²) in [6.07, 6.45) is 0.820. The lowest BCUT2D eigenvalue weighted by atomic mass is 9.82. The molecule has 0 saturated heterocycles. The highest BCUT2D eigenvalue weighted by Gasteiger charge is 2.31. The maximum absolute atomic E-state index is 13.1. The minimum atomic E-state index is -1.35. The Bertz CT molecular complexity index is 294. The highest BCUT2D eigenvalue weighted by atomic mass is 19.1. The predicted octanol–water partition coefficient (Wildman–Crippen LogP) is 2.67. The molecule has 0 aliphatic heterocycles. The van der Waals surface area contributed by atoms with Crippen molar-refractivity contribution in [2.75, 3.05) is 0 Å². The molecular weight excluding hydrogens is 160 g/mol. The summed E-state index contributed by atoms with van der Waals surface area (Å²) in [6, 6.07) is 1.68. The topological polar surface area (TPSA) is 23.8 Å². The summed E-state index contributed by atoms with van der Waals surface area (Å²) in [5.41, 5.74) is -0.852. The molecule has 1 rings (SSSR count). The van der Waals surface area contributed by atoms with Crippen molar-refractivity contribution in [1.82, 2.24) is 0 Å². The van der Waals surface area contributed by atoms with Gasteiger partial charge in [0.2, 0.25) is 0 Å². The normalized spacial score (nSPS) is 27.1. The van der Waals surface area contributed by atoms with Gasteiger partial charge in [-0.05, 0) is 6.08 Å². The summed E-state index contributed by atoms with van der Waals surface area (Å²) >= 11 is 0. The lowest BCUT2D eigenvalue weighted by Crippen LogP contribution is -2.24. The van der Waals surface area contributed by atoms with Crippen molar-refractivity contribution in [3.63, 3.8) is 0 Å². The van der Waals surface area contributed by atoms with Gasteiger partial charge in [0.15, 0.2) is 0 Å². The monoisotopic (exact) mass is 169 g/mol. The summed E-state index contributed by atoms with van der Waals surface area (Å²) in [6.45, 7) is 3.25. The molecule has 0 aromatic heterocycles. The lowest BCUT2D eigenvalue weighted by molar-refractivity contribution is 0.233. The van der Waals surface area contributed by atoms with Gasteiger partial charge in [-0.25, -0.2) is 8.78 Å². The third-order valence-electron chi connectivity index (χ3n) is 1.90. The van der Waals surface area contributed by atoms with Crippen LogP contribution < -0.4 is 0 Å². The SMILES string of the molecule is CC1(C)C=C(C#N)C(F)=CC1F. The number of nitriles is 1. The first-order chi connectivity index (χ1) is 5.47. The van der Waals surface area contributed by atoms with Crippen LogP contribution in [0.4, 0.5) is 8.78 Å². The fraction of sp³-hybridized carbons (Fsp3) is 0.444. The second-order valence-corrected chi connectivity index (χ2v) is 3.41. The van der Waals surface area contributed by atoms with Crippen LogP contribution in [0.5, 0.6) is 0 Å². The Morgan fingerprint density at radius 3 is 2.67 bits per heavy atom. The zero-order chi connectivity index (χ0) is 9.35. The van der Waals surface area contributed by atoms with E-state index >= 15 is 0 Å². The van der Waals surface area contributed by atoms with E-state index in [-0.39, 0.29) is 5.57 Å². The molecule has 1 nitrogen and oxygen atoms in total. The van der Waals surface area contributed by atoms with Gasteiger partial charge < -0.3 is 0 Å². The first kappa shape index (κ1) is 8.92. The van der Waals surface area contributed by atoms with E-state index < -0.39 is 17.4 Å². The standard InChI is InChI=1S/C9H9F2N/c1-9(2)4-6(5-12)7(10)3-8(9)11/h3-4,8H,1-2H3. The molecule has 0 aromatic rings. The van der Waals surface area contributed by atoms with Gasteiger partial charge in [-0.3, -0.25) is 0 Å². The minimum Gasteiger partial charge on any atom is -0.242 e. The Kier molecular flexibility index (Phi) is 2.01. The molecule has 1 atom stereocenters. The van der Waals surface area contributed by atoms with Crippen molar-refractivity contribution < 1.29 is 8.78 Å². The molecule has 64 valence electrons. The third kappa shape index (κ3) is 1.38. The van der Waals surface area contributed by atoms with E-state index in [0.717, 1.165) is 6.08 Å². The summed E-state index contributed by atoms with van der Waals surface area (Å²) < 4.78 is 25.8. The molecule has 1 aliphatic carbocycles. The van der Waals surface area contributed by atoms with Gasteiger partial charge in [-0.2, -0.15) is 5.26 Å². The number of alkyl halides is 1. The third-order valence-corrected chi connectivity index (χ3v) is 1.90. The summed E-state index contributed by atoms with van der Waals surface area (Å²) in [5, 5.41) is 8.46. The van der Waals surface area contributed by atoms with Crippen LogP contribution in [0, 0.1) is 16.7 Å². The van der Waals surface area contributed by atoms with Crippen LogP contribution in [0.25, 0.3) is 0 Å².